The lowest BCUT2D eigenvalue weighted by Gasteiger charge is -2.07. The van der Waals surface area contributed by atoms with Gasteiger partial charge in [0.1, 0.15) is 12.1 Å². The highest BCUT2D eigenvalue weighted by atomic mass is 35.5. The van der Waals surface area contributed by atoms with Gasteiger partial charge in [-0.25, -0.2) is 9.97 Å². The zero-order valence-electron chi connectivity index (χ0n) is 9.89. The molecule has 0 bridgehead atoms. The molecule has 2 aromatic rings. The topological polar surface area (TPSA) is 50.7 Å². The predicted octanol–water partition coefficient (Wildman–Crippen LogP) is 3.70. The molecular formula is C11H13ClN4S2. The average molecular weight is 301 g/mol. The van der Waals surface area contributed by atoms with Crippen LogP contribution in [-0.2, 0) is 5.75 Å². The maximum absolute atomic E-state index is 6.13. The Morgan fingerprint density at radius 2 is 2.33 bits per heavy atom. The normalized spacial score (nSPS) is 10.6. The molecule has 0 radical (unpaired) electrons. The van der Waals surface area contributed by atoms with Crippen LogP contribution in [0.3, 0.4) is 0 Å². The minimum Gasteiger partial charge on any atom is -0.370 e. The van der Waals surface area contributed by atoms with E-state index in [1.165, 1.54) is 11.5 Å². The van der Waals surface area contributed by atoms with E-state index < -0.39 is 0 Å². The highest BCUT2D eigenvalue weighted by molar-refractivity contribution is 8.00. The van der Waals surface area contributed by atoms with Crippen molar-refractivity contribution in [3.8, 4) is 0 Å². The van der Waals surface area contributed by atoms with E-state index in [1.54, 1.807) is 18.1 Å². The van der Waals surface area contributed by atoms with Gasteiger partial charge < -0.3 is 5.32 Å². The Morgan fingerprint density at radius 1 is 1.44 bits per heavy atom. The summed E-state index contributed by atoms with van der Waals surface area (Å²) in [5, 5.41) is 3.94. The Kier molecular flexibility index (Phi) is 5.22. The molecule has 0 aromatic carbocycles. The second kappa shape index (κ2) is 6.92. The van der Waals surface area contributed by atoms with Gasteiger partial charge in [-0.15, -0.1) is 0 Å². The van der Waals surface area contributed by atoms with Gasteiger partial charge >= 0.3 is 0 Å². The van der Waals surface area contributed by atoms with Gasteiger partial charge in [-0.3, -0.25) is 0 Å². The van der Waals surface area contributed by atoms with Crippen LogP contribution in [0.4, 0.5) is 5.82 Å². The van der Waals surface area contributed by atoms with E-state index in [-0.39, 0.29) is 0 Å². The lowest BCUT2D eigenvalue weighted by atomic mass is 10.3. The van der Waals surface area contributed by atoms with Gasteiger partial charge in [0.15, 0.2) is 4.34 Å². The van der Waals surface area contributed by atoms with E-state index in [0.29, 0.717) is 10.8 Å². The van der Waals surface area contributed by atoms with Crippen molar-refractivity contribution in [1.82, 2.24) is 14.3 Å². The van der Waals surface area contributed by atoms with Gasteiger partial charge in [0.25, 0.3) is 0 Å². The van der Waals surface area contributed by atoms with Crippen LogP contribution in [-0.4, -0.2) is 20.9 Å². The van der Waals surface area contributed by atoms with Crippen molar-refractivity contribution in [2.75, 3.05) is 11.9 Å². The summed E-state index contributed by atoms with van der Waals surface area (Å²) in [5.41, 5.74) is 0.873. The number of hydrogen-bond acceptors (Lipinski definition) is 6. The minimum atomic E-state index is 0.689. The molecule has 0 saturated carbocycles. The van der Waals surface area contributed by atoms with Crippen LogP contribution in [0.15, 0.2) is 22.8 Å². The molecule has 0 aliphatic rings. The molecule has 0 aliphatic heterocycles. The summed E-state index contributed by atoms with van der Waals surface area (Å²) in [6, 6.07) is 3.78. The molecule has 0 amide bonds. The van der Waals surface area contributed by atoms with Crippen LogP contribution in [0.5, 0.6) is 0 Å². The first-order valence-corrected chi connectivity index (χ1v) is 7.72. The standard InChI is InChI=1S/C11H13ClN4S2/c1-2-5-13-10-4-3-8(12)9(16-10)6-17-11-14-7-15-18-11/h3-4,7H,2,5-6H2,1H3,(H,13,16). The Morgan fingerprint density at radius 3 is 3.06 bits per heavy atom. The molecule has 2 heterocycles. The first-order valence-electron chi connectivity index (χ1n) is 5.58. The summed E-state index contributed by atoms with van der Waals surface area (Å²) in [6.45, 7) is 3.03. The molecule has 2 rings (SSSR count). The van der Waals surface area contributed by atoms with E-state index in [1.807, 2.05) is 12.1 Å². The van der Waals surface area contributed by atoms with Crippen molar-refractivity contribution in [1.29, 1.82) is 0 Å². The van der Waals surface area contributed by atoms with Crippen molar-refractivity contribution >= 4 is 40.7 Å². The van der Waals surface area contributed by atoms with Gasteiger partial charge in [0.05, 0.1) is 10.7 Å². The maximum Gasteiger partial charge on any atom is 0.170 e. The van der Waals surface area contributed by atoms with E-state index in [0.717, 1.165) is 28.8 Å². The average Bonchev–Trinajstić information content (AvgIpc) is 2.89. The summed E-state index contributed by atoms with van der Waals surface area (Å²) < 4.78 is 4.89. The van der Waals surface area contributed by atoms with E-state index >= 15 is 0 Å². The van der Waals surface area contributed by atoms with Crippen molar-refractivity contribution in [2.24, 2.45) is 0 Å². The third-order valence-electron chi connectivity index (χ3n) is 2.15. The number of thioether (sulfide) groups is 1. The highest BCUT2D eigenvalue weighted by Crippen LogP contribution is 2.26. The summed E-state index contributed by atoms with van der Waals surface area (Å²) in [7, 11) is 0. The lowest BCUT2D eigenvalue weighted by molar-refractivity contribution is 0.965. The first-order chi connectivity index (χ1) is 8.79. The summed E-state index contributed by atoms with van der Waals surface area (Å²) in [5.74, 6) is 1.57. The minimum absolute atomic E-state index is 0.689. The molecule has 0 atom stereocenters. The second-order valence-corrected chi connectivity index (χ2v) is 5.96. The molecule has 4 nitrogen and oxygen atoms in total. The molecule has 0 aliphatic carbocycles. The van der Waals surface area contributed by atoms with Crippen LogP contribution < -0.4 is 5.32 Å². The molecule has 2 aromatic heterocycles. The fourth-order valence-electron chi connectivity index (χ4n) is 1.29. The zero-order chi connectivity index (χ0) is 12.8. The first kappa shape index (κ1) is 13.6. The lowest BCUT2D eigenvalue weighted by Crippen LogP contribution is -2.03. The molecule has 1 N–H and O–H groups in total. The van der Waals surface area contributed by atoms with Crippen molar-refractivity contribution in [3.05, 3.63) is 29.2 Å². The molecular weight excluding hydrogens is 288 g/mol. The number of anilines is 1. The monoisotopic (exact) mass is 300 g/mol. The molecule has 7 heteroatoms. The number of hydrogen-bond donors (Lipinski definition) is 1. The van der Waals surface area contributed by atoms with Crippen molar-refractivity contribution < 1.29 is 0 Å². The SMILES string of the molecule is CCCNc1ccc(Cl)c(CSc2ncns2)n1. The van der Waals surface area contributed by atoms with E-state index in [2.05, 4.69) is 26.6 Å². The zero-order valence-corrected chi connectivity index (χ0v) is 12.3. The van der Waals surface area contributed by atoms with E-state index in [4.69, 9.17) is 11.6 Å². The Balaban J connectivity index is 2.01. The number of nitrogens with one attached hydrogen (secondary N) is 1. The maximum atomic E-state index is 6.13. The van der Waals surface area contributed by atoms with Crippen LogP contribution in [0, 0.1) is 0 Å². The Hall–Kier alpha value is -0.850. The second-order valence-electron chi connectivity index (χ2n) is 3.55. The van der Waals surface area contributed by atoms with Crippen LogP contribution in [0.1, 0.15) is 19.0 Å². The van der Waals surface area contributed by atoms with Crippen molar-refractivity contribution in [2.45, 2.75) is 23.4 Å². The highest BCUT2D eigenvalue weighted by Gasteiger charge is 2.06. The third-order valence-corrected chi connectivity index (χ3v) is 4.30. The fraction of sp³-hybridized carbons (Fsp3) is 0.364. The number of halogens is 1. The van der Waals surface area contributed by atoms with Gasteiger partial charge in [-0.1, -0.05) is 30.3 Å². The quantitative estimate of drug-likeness (QED) is 0.824. The van der Waals surface area contributed by atoms with Crippen molar-refractivity contribution in [3.63, 3.8) is 0 Å². The Bertz CT molecular complexity index is 490. The predicted molar refractivity (Wildman–Crippen MR) is 77.5 cm³/mol. The summed E-state index contributed by atoms with van der Waals surface area (Å²) in [4.78, 5) is 8.62. The molecule has 96 valence electrons. The summed E-state index contributed by atoms with van der Waals surface area (Å²) in [6.07, 6.45) is 2.63. The molecule has 0 fully saturated rings. The van der Waals surface area contributed by atoms with Crippen LogP contribution >= 0.6 is 34.9 Å². The van der Waals surface area contributed by atoms with Gasteiger partial charge in [0, 0.05) is 12.3 Å². The number of rotatable bonds is 6. The van der Waals surface area contributed by atoms with Crippen LogP contribution in [0.2, 0.25) is 5.02 Å². The largest absolute Gasteiger partial charge is 0.370 e. The molecule has 0 spiro atoms. The summed E-state index contributed by atoms with van der Waals surface area (Å²) >= 11 is 9.11. The number of nitrogens with zero attached hydrogens (tertiary/aromatic N) is 3. The molecule has 0 unspecified atom stereocenters. The van der Waals surface area contributed by atoms with Gasteiger partial charge in [0.2, 0.25) is 0 Å². The molecule has 0 saturated heterocycles. The number of aromatic nitrogens is 3. The third kappa shape index (κ3) is 3.83. The van der Waals surface area contributed by atoms with Crippen LogP contribution in [0.25, 0.3) is 0 Å². The Labute approximate surface area is 119 Å². The smallest absolute Gasteiger partial charge is 0.170 e. The van der Waals surface area contributed by atoms with Gasteiger partial charge in [-0.05, 0) is 30.1 Å². The molecule has 18 heavy (non-hydrogen) atoms. The number of pyridine rings is 1. The fourth-order valence-corrected chi connectivity index (χ4v) is 2.94. The van der Waals surface area contributed by atoms with Gasteiger partial charge in [-0.2, -0.15) is 4.37 Å². The van der Waals surface area contributed by atoms with E-state index in [9.17, 15) is 0 Å².